The molecule has 31 heavy (non-hydrogen) atoms. The Labute approximate surface area is 178 Å². The summed E-state index contributed by atoms with van der Waals surface area (Å²) in [7, 11) is 0. The van der Waals surface area contributed by atoms with Gasteiger partial charge in [0, 0.05) is 53.0 Å². The fraction of sp³-hybridized carbons (Fsp3) is 0.0417. The molecule has 5 heterocycles. The number of hydrogen-bond acceptors (Lipinski definition) is 5. The molecule has 7 nitrogen and oxygen atoms in total. The van der Waals surface area contributed by atoms with E-state index in [9.17, 15) is 0 Å². The Bertz CT molecular complexity index is 1460. The average molecular weight is 405 g/mol. The molecule has 0 aliphatic heterocycles. The van der Waals surface area contributed by atoms with Gasteiger partial charge in [-0.1, -0.05) is 12.7 Å². The number of hydrogen-bond donors (Lipinski definition) is 2. The van der Waals surface area contributed by atoms with E-state index in [0.29, 0.717) is 0 Å². The summed E-state index contributed by atoms with van der Waals surface area (Å²) in [6.07, 6.45) is 10.6. The molecule has 0 aliphatic carbocycles. The average Bonchev–Trinajstić information content (AvgIpc) is 3.43. The van der Waals surface area contributed by atoms with Crippen molar-refractivity contribution in [3.8, 4) is 22.6 Å². The number of pyridine rings is 3. The Balaban J connectivity index is 1.65. The van der Waals surface area contributed by atoms with Gasteiger partial charge in [-0.05, 0) is 43.3 Å². The van der Waals surface area contributed by atoms with Crippen LogP contribution in [-0.4, -0.2) is 36.3 Å². The molecule has 2 N–H and O–H groups in total. The monoisotopic (exact) mass is 405 g/mol. The van der Waals surface area contributed by atoms with Crippen LogP contribution in [0.5, 0.6) is 0 Å². The maximum atomic E-state index is 4.85. The van der Waals surface area contributed by atoms with Crippen molar-refractivity contribution in [3.05, 3.63) is 79.5 Å². The van der Waals surface area contributed by atoms with Crippen molar-refractivity contribution in [2.75, 3.05) is 0 Å². The highest BCUT2D eigenvalue weighted by Gasteiger charge is 2.16. The second-order valence-corrected chi connectivity index (χ2v) is 6.92. The molecule has 5 aromatic heterocycles. The van der Waals surface area contributed by atoms with Crippen LogP contribution >= 0.6 is 0 Å². The predicted molar refractivity (Wildman–Crippen MR) is 125 cm³/mol. The molecule has 150 valence electrons. The van der Waals surface area contributed by atoms with Gasteiger partial charge >= 0.3 is 0 Å². The minimum absolute atomic E-state index is 0.751. The van der Waals surface area contributed by atoms with E-state index in [4.69, 9.17) is 4.98 Å². The van der Waals surface area contributed by atoms with Crippen molar-refractivity contribution >= 4 is 33.7 Å². The van der Waals surface area contributed by atoms with Crippen LogP contribution in [0, 0.1) is 0 Å². The zero-order chi connectivity index (χ0) is 21.2. The first kappa shape index (κ1) is 18.6. The first-order valence-corrected chi connectivity index (χ1v) is 9.83. The zero-order valence-electron chi connectivity index (χ0n) is 16.9. The molecule has 0 fully saturated rings. The van der Waals surface area contributed by atoms with Crippen LogP contribution in [0.2, 0.25) is 0 Å². The first-order chi connectivity index (χ1) is 15.3. The molecule has 7 heteroatoms. The molecule has 0 atom stereocenters. The number of aliphatic imine (C=N–C) groups is 1. The number of allylic oxidation sites excluding steroid dienone is 2. The van der Waals surface area contributed by atoms with Gasteiger partial charge in [0.2, 0.25) is 0 Å². The van der Waals surface area contributed by atoms with E-state index in [1.165, 1.54) is 6.20 Å². The fourth-order valence-corrected chi connectivity index (χ4v) is 3.58. The molecule has 5 rings (SSSR count). The molecule has 0 radical (unpaired) electrons. The highest BCUT2D eigenvalue weighted by Crippen LogP contribution is 2.32. The van der Waals surface area contributed by atoms with Crippen LogP contribution in [0.3, 0.4) is 0 Å². The number of aromatic nitrogens is 6. The molecule has 0 aliphatic rings. The maximum Gasteiger partial charge on any atom is 0.135 e. The second kappa shape index (κ2) is 7.79. The summed E-state index contributed by atoms with van der Waals surface area (Å²) in [5.74, 6) is 0. The summed E-state index contributed by atoms with van der Waals surface area (Å²) in [6.45, 7) is 5.59. The molecule has 5 aromatic rings. The minimum atomic E-state index is 0.751. The standard InChI is InChI=1S/C24H19N7/c1-3-15(13-25-4-2)18-7-8-20-23(29-18)24(31-30-20)21-12-17-19(28-21)9-11-27-22(17)16-6-5-10-26-14-16/h3-14,28H,2H2,1H3,(H,30,31)/b15-3+,25-13?. The number of H-pyrrole nitrogens is 2. The highest BCUT2D eigenvalue weighted by molar-refractivity contribution is 6.10. The third-order valence-corrected chi connectivity index (χ3v) is 5.07. The lowest BCUT2D eigenvalue weighted by Crippen LogP contribution is -1.91. The molecule has 0 aromatic carbocycles. The van der Waals surface area contributed by atoms with E-state index >= 15 is 0 Å². The summed E-state index contributed by atoms with van der Waals surface area (Å²) in [6, 6.07) is 11.8. The molecule has 0 saturated carbocycles. The van der Waals surface area contributed by atoms with Crippen molar-refractivity contribution in [1.29, 1.82) is 0 Å². The molecule has 0 unspecified atom stereocenters. The topological polar surface area (TPSA) is 95.5 Å². The van der Waals surface area contributed by atoms with Crippen LogP contribution < -0.4 is 0 Å². The van der Waals surface area contributed by atoms with E-state index in [1.54, 1.807) is 18.6 Å². The van der Waals surface area contributed by atoms with Gasteiger partial charge in [0.25, 0.3) is 0 Å². The minimum Gasteiger partial charge on any atom is -0.353 e. The van der Waals surface area contributed by atoms with Gasteiger partial charge in [-0.2, -0.15) is 5.10 Å². The molecule has 0 spiro atoms. The van der Waals surface area contributed by atoms with Gasteiger partial charge < -0.3 is 4.98 Å². The number of nitrogens with zero attached hydrogens (tertiary/aromatic N) is 5. The quantitative estimate of drug-likeness (QED) is 0.394. The lowest BCUT2D eigenvalue weighted by Gasteiger charge is -2.01. The molecule has 0 bridgehead atoms. The van der Waals surface area contributed by atoms with Gasteiger partial charge in [0.1, 0.15) is 11.2 Å². The van der Waals surface area contributed by atoms with Crippen molar-refractivity contribution in [1.82, 2.24) is 30.1 Å². The van der Waals surface area contributed by atoms with Gasteiger partial charge in [0.15, 0.2) is 0 Å². The fourth-order valence-electron chi connectivity index (χ4n) is 3.58. The summed E-state index contributed by atoms with van der Waals surface area (Å²) in [4.78, 5) is 21.2. The van der Waals surface area contributed by atoms with Crippen LogP contribution in [0.25, 0.3) is 50.2 Å². The van der Waals surface area contributed by atoms with E-state index in [2.05, 4.69) is 42.8 Å². The summed E-state index contributed by atoms with van der Waals surface area (Å²) < 4.78 is 0. The normalized spacial score (nSPS) is 12.2. The molecule has 0 amide bonds. The van der Waals surface area contributed by atoms with Crippen molar-refractivity contribution in [2.45, 2.75) is 6.92 Å². The van der Waals surface area contributed by atoms with E-state index < -0.39 is 0 Å². The van der Waals surface area contributed by atoms with Crippen molar-refractivity contribution in [2.24, 2.45) is 4.99 Å². The van der Waals surface area contributed by atoms with E-state index in [-0.39, 0.29) is 0 Å². The van der Waals surface area contributed by atoms with Crippen molar-refractivity contribution in [3.63, 3.8) is 0 Å². The van der Waals surface area contributed by atoms with Crippen LogP contribution in [0.4, 0.5) is 0 Å². The van der Waals surface area contributed by atoms with Crippen LogP contribution in [-0.2, 0) is 0 Å². The van der Waals surface area contributed by atoms with Gasteiger partial charge in [0.05, 0.1) is 22.6 Å². The highest BCUT2D eigenvalue weighted by atomic mass is 15.1. The number of aromatic amines is 2. The number of rotatable bonds is 5. The maximum absolute atomic E-state index is 4.85. The Hall–Kier alpha value is -4.39. The molecular formula is C24H19N7. The predicted octanol–water partition coefficient (Wildman–Crippen LogP) is 5.18. The Morgan fingerprint density at radius 1 is 1.10 bits per heavy atom. The third-order valence-electron chi connectivity index (χ3n) is 5.07. The Morgan fingerprint density at radius 2 is 2.03 bits per heavy atom. The SMILES string of the molecule is C=CN=C/C(=C\C)c1ccc2[nH]nc(-c3cc4c(-c5cccnc5)nccc4[nH]3)c2n1. The van der Waals surface area contributed by atoms with Crippen LogP contribution in [0.15, 0.2) is 78.8 Å². The number of fused-ring (bicyclic) bond motifs is 2. The first-order valence-electron chi connectivity index (χ1n) is 9.83. The summed E-state index contributed by atoms with van der Waals surface area (Å²) in [5.41, 5.74) is 7.80. The second-order valence-electron chi connectivity index (χ2n) is 6.92. The molecule has 0 saturated heterocycles. The zero-order valence-corrected chi connectivity index (χ0v) is 16.9. The van der Waals surface area contributed by atoms with Crippen molar-refractivity contribution < 1.29 is 0 Å². The Kier molecular flexibility index (Phi) is 4.68. The smallest absolute Gasteiger partial charge is 0.135 e. The lowest BCUT2D eigenvalue weighted by atomic mass is 10.1. The van der Waals surface area contributed by atoms with E-state index in [1.807, 2.05) is 49.5 Å². The Morgan fingerprint density at radius 3 is 2.84 bits per heavy atom. The van der Waals surface area contributed by atoms with Crippen LogP contribution in [0.1, 0.15) is 12.6 Å². The molecular weight excluding hydrogens is 386 g/mol. The summed E-state index contributed by atoms with van der Waals surface area (Å²) in [5, 5.41) is 8.61. The van der Waals surface area contributed by atoms with Gasteiger partial charge in [-0.15, -0.1) is 0 Å². The number of nitrogens with one attached hydrogen (secondary N) is 2. The third kappa shape index (κ3) is 3.32. The van der Waals surface area contributed by atoms with E-state index in [0.717, 1.165) is 55.8 Å². The van der Waals surface area contributed by atoms with Gasteiger partial charge in [-0.25, -0.2) is 4.98 Å². The van der Waals surface area contributed by atoms with Gasteiger partial charge in [-0.3, -0.25) is 20.1 Å². The lowest BCUT2D eigenvalue weighted by molar-refractivity contribution is 1.12. The summed E-state index contributed by atoms with van der Waals surface area (Å²) >= 11 is 0. The largest absolute Gasteiger partial charge is 0.353 e.